The number of terminal acetylenes is 1. The van der Waals surface area contributed by atoms with Crippen molar-refractivity contribution >= 4 is 8.32 Å². The molecule has 3 heteroatoms. The highest BCUT2D eigenvalue weighted by Crippen LogP contribution is 2.37. The number of hydrogen-bond acceptors (Lipinski definition) is 2. The molecule has 118 valence electrons. The first-order valence-corrected chi connectivity index (χ1v) is 10.6. The largest absolute Gasteiger partial charge is 0.412 e. The van der Waals surface area contributed by atoms with Gasteiger partial charge in [0.2, 0.25) is 0 Å². The van der Waals surface area contributed by atoms with Gasteiger partial charge in [-0.2, -0.15) is 0 Å². The van der Waals surface area contributed by atoms with Crippen LogP contribution >= 0.6 is 0 Å². The Balaban J connectivity index is 4.70. The fourth-order valence-corrected chi connectivity index (χ4v) is 2.81. The van der Waals surface area contributed by atoms with Gasteiger partial charge in [0, 0.05) is 6.42 Å². The summed E-state index contributed by atoms with van der Waals surface area (Å²) in [6.45, 7) is 18.4. The minimum absolute atomic E-state index is 0.0921. The first-order valence-electron chi connectivity index (χ1n) is 7.70. The lowest BCUT2D eigenvalue weighted by Crippen LogP contribution is -2.45. The second kappa shape index (κ2) is 7.63. The average molecular weight is 299 g/mol. The van der Waals surface area contributed by atoms with Gasteiger partial charge in [-0.05, 0) is 44.8 Å². The van der Waals surface area contributed by atoms with Crippen molar-refractivity contribution in [2.75, 3.05) is 6.61 Å². The molecule has 0 aromatic rings. The van der Waals surface area contributed by atoms with Crippen molar-refractivity contribution < 1.29 is 9.16 Å². The second-order valence-electron chi connectivity index (χ2n) is 7.67. The van der Waals surface area contributed by atoms with Crippen LogP contribution in [0.3, 0.4) is 0 Å². The molecule has 0 N–H and O–H groups in total. The topological polar surface area (TPSA) is 18.5 Å². The monoisotopic (exact) mass is 298 g/mol. The summed E-state index contributed by atoms with van der Waals surface area (Å²) >= 11 is 0. The Hall–Kier alpha value is -0.303. The van der Waals surface area contributed by atoms with Crippen LogP contribution in [-0.4, -0.2) is 26.6 Å². The van der Waals surface area contributed by atoms with Crippen LogP contribution in [0.4, 0.5) is 0 Å². The van der Waals surface area contributed by atoms with Gasteiger partial charge in [0.1, 0.15) is 0 Å². The molecule has 0 spiro atoms. The molecule has 0 radical (unpaired) electrons. The summed E-state index contributed by atoms with van der Waals surface area (Å²) in [7, 11) is -1.77. The third-order valence-electron chi connectivity index (χ3n) is 4.39. The van der Waals surface area contributed by atoms with Crippen LogP contribution in [0.1, 0.15) is 60.8 Å². The highest BCUT2D eigenvalue weighted by Gasteiger charge is 2.39. The Kier molecular flexibility index (Phi) is 7.52. The van der Waals surface area contributed by atoms with Crippen LogP contribution < -0.4 is 0 Å². The van der Waals surface area contributed by atoms with E-state index in [1.54, 1.807) is 0 Å². The molecule has 0 rings (SSSR count). The summed E-state index contributed by atoms with van der Waals surface area (Å²) in [5.74, 6) is 2.71. The molecule has 2 nitrogen and oxygen atoms in total. The van der Waals surface area contributed by atoms with Gasteiger partial charge in [0.25, 0.3) is 0 Å². The van der Waals surface area contributed by atoms with Crippen molar-refractivity contribution in [3.8, 4) is 12.3 Å². The molecule has 0 unspecified atom stereocenters. The molecule has 0 aliphatic rings. The van der Waals surface area contributed by atoms with Crippen molar-refractivity contribution in [2.45, 2.75) is 90.6 Å². The second-order valence-corrected chi connectivity index (χ2v) is 12.4. The van der Waals surface area contributed by atoms with E-state index in [4.69, 9.17) is 15.6 Å². The Labute approximate surface area is 127 Å². The molecule has 0 saturated carbocycles. The van der Waals surface area contributed by atoms with Gasteiger partial charge < -0.3 is 9.16 Å². The first kappa shape index (κ1) is 19.7. The van der Waals surface area contributed by atoms with E-state index in [-0.39, 0.29) is 16.7 Å². The highest BCUT2D eigenvalue weighted by molar-refractivity contribution is 6.74. The smallest absolute Gasteiger partial charge is 0.192 e. The third kappa shape index (κ3) is 6.92. The summed E-state index contributed by atoms with van der Waals surface area (Å²) in [5, 5.41) is 0.210. The fraction of sp³-hybridized carbons (Fsp3) is 0.882. The zero-order chi connectivity index (χ0) is 16.0. The standard InChI is InChI=1S/C17H34O2Si/c1-10-12-13-15(14-18-17(6,7)11-2)19-20(8,9)16(3,4)5/h1,15H,11-14H2,2-9H3/t15-/m0/s1. The molecule has 0 aromatic carbocycles. The maximum atomic E-state index is 6.46. The Morgan fingerprint density at radius 1 is 1.15 bits per heavy atom. The van der Waals surface area contributed by atoms with E-state index in [1.807, 2.05) is 0 Å². The number of hydrogen-bond donors (Lipinski definition) is 0. The van der Waals surface area contributed by atoms with Gasteiger partial charge in [0.05, 0.1) is 18.3 Å². The minimum Gasteiger partial charge on any atom is -0.412 e. The van der Waals surface area contributed by atoms with Crippen molar-refractivity contribution in [3.63, 3.8) is 0 Å². The normalized spacial score (nSPS) is 14.9. The lowest BCUT2D eigenvalue weighted by molar-refractivity contribution is -0.0586. The molecule has 0 amide bonds. The van der Waals surface area contributed by atoms with E-state index in [1.165, 1.54) is 0 Å². The van der Waals surface area contributed by atoms with Gasteiger partial charge in [-0.15, -0.1) is 12.3 Å². The molecule has 0 aromatic heterocycles. The van der Waals surface area contributed by atoms with Crippen molar-refractivity contribution in [3.05, 3.63) is 0 Å². The van der Waals surface area contributed by atoms with Crippen LogP contribution in [0.25, 0.3) is 0 Å². The molecule has 0 aliphatic carbocycles. The molecule has 1 atom stereocenters. The molecular weight excluding hydrogens is 264 g/mol. The highest BCUT2D eigenvalue weighted by atomic mass is 28.4. The van der Waals surface area contributed by atoms with Gasteiger partial charge in [-0.3, -0.25) is 0 Å². The molecule has 0 fully saturated rings. The quantitative estimate of drug-likeness (QED) is 0.464. The van der Waals surface area contributed by atoms with E-state index >= 15 is 0 Å². The summed E-state index contributed by atoms with van der Waals surface area (Å²) < 4.78 is 12.5. The van der Waals surface area contributed by atoms with E-state index in [9.17, 15) is 0 Å². The maximum absolute atomic E-state index is 6.46. The van der Waals surface area contributed by atoms with Crippen molar-refractivity contribution in [1.82, 2.24) is 0 Å². The fourth-order valence-electron chi connectivity index (χ4n) is 1.43. The summed E-state index contributed by atoms with van der Waals surface area (Å²) in [6, 6.07) is 0. The summed E-state index contributed by atoms with van der Waals surface area (Å²) in [6.07, 6.45) is 8.13. The predicted molar refractivity (Wildman–Crippen MR) is 90.5 cm³/mol. The van der Waals surface area contributed by atoms with E-state index < -0.39 is 8.32 Å². The molecule has 0 aliphatic heterocycles. The van der Waals surface area contributed by atoms with Crippen molar-refractivity contribution in [1.29, 1.82) is 0 Å². The van der Waals surface area contributed by atoms with Gasteiger partial charge in [-0.25, -0.2) is 0 Å². The number of rotatable bonds is 8. The van der Waals surface area contributed by atoms with Crippen LogP contribution in [0.2, 0.25) is 18.1 Å². The van der Waals surface area contributed by atoms with Crippen LogP contribution in [-0.2, 0) is 9.16 Å². The van der Waals surface area contributed by atoms with Crippen LogP contribution in [0, 0.1) is 12.3 Å². The number of ether oxygens (including phenoxy) is 1. The maximum Gasteiger partial charge on any atom is 0.192 e. The molecule has 0 heterocycles. The zero-order valence-corrected chi connectivity index (χ0v) is 15.8. The summed E-state index contributed by atoms with van der Waals surface area (Å²) in [4.78, 5) is 0. The first-order chi connectivity index (χ1) is 8.95. The van der Waals surface area contributed by atoms with E-state index in [2.05, 4.69) is 60.6 Å². The van der Waals surface area contributed by atoms with E-state index in [0.29, 0.717) is 6.61 Å². The van der Waals surface area contributed by atoms with Crippen LogP contribution in [0.15, 0.2) is 0 Å². The lowest BCUT2D eigenvalue weighted by atomic mass is 10.1. The molecular formula is C17H34O2Si. The Morgan fingerprint density at radius 2 is 1.70 bits per heavy atom. The Morgan fingerprint density at radius 3 is 2.10 bits per heavy atom. The van der Waals surface area contributed by atoms with Gasteiger partial charge in [0.15, 0.2) is 8.32 Å². The Bertz CT molecular complexity index is 321. The zero-order valence-electron chi connectivity index (χ0n) is 14.8. The average Bonchev–Trinajstić information content (AvgIpc) is 2.31. The van der Waals surface area contributed by atoms with E-state index in [0.717, 1.165) is 19.3 Å². The van der Waals surface area contributed by atoms with Crippen LogP contribution in [0.5, 0.6) is 0 Å². The van der Waals surface area contributed by atoms with Gasteiger partial charge >= 0.3 is 0 Å². The lowest BCUT2D eigenvalue weighted by Gasteiger charge is -2.40. The molecule has 20 heavy (non-hydrogen) atoms. The van der Waals surface area contributed by atoms with Gasteiger partial charge in [-0.1, -0.05) is 27.7 Å². The van der Waals surface area contributed by atoms with Crippen molar-refractivity contribution in [2.24, 2.45) is 0 Å². The minimum atomic E-state index is -1.77. The molecule has 0 bridgehead atoms. The molecule has 0 saturated heterocycles. The summed E-state index contributed by atoms with van der Waals surface area (Å²) in [5.41, 5.74) is -0.0921. The SMILES string of the molecule is C#CCC[C@@H](COC(C)(C)CC)O[Si](C)(C)C(C)(C)C. The predicted octanol–water partition coefficient (Wildman–Crippen LogP) is 5.00. The third-order valence-corrected chi connectivity index (χ3v) is 8.92.